The average molecular weight is 414 g/mol. The number of aryl methyl sites for hydroxylation is 1. The summed E-state index contributed by atoms with van der Waals surface area (Å²) in [5.41, 5.74) is 4.13. The molecule has 30 heavy (non-hydrogen) atoms. The van der Waals surface area contributed by atoms with Gasteiger partial charge in [-0.3, -0.25) is 0 Å². The zero-order chi connectivity index (χ0) is 20.9. The van der Waals surface area contributed by atoms with Crippen LogP contribution in [0.25, 0.3) is 0 Å². The zero-order valence-corrected chi connectivity index (χ0v) is 18.1. The van der Waals surface area contributed by atoms with Crippen molar-refractivity contribution >= 4 is 19.2 Å². The van der Waals surface area contributed by atoms with Gasteiger partial charge in [-0.05, 0) is 59.8 Å². The van der Waals surface area contributed by atoms with Crippen LogP contribution >= 0.6 is 8.58 Å². The number of aliphatic hydroxyl groups excluding tert-OH is 1. The summed E-state index contributed by atoms with van der Waals surface area (Å²) in [5.74, 6) is 0.822. The van der Waals surface area contributed by atoms with Crippen LogP contribution in [0.3, 0.4) is 0 Å². The first-order valence-corrected chi connectivity index (χ1v) is 11.4. The molecule has 0 radical (unpaired) electrons. The smallest absolute Gasteiger partial charge is 0.123 e. The Morgan fingerprint density at radius 3 is 2.57 bits per heavy atom. The van der Waals surface area contributed by atoms with E-state index in [2.05, 4.69) is 48.6 Å². The standard InChI is InChI=1S/C27H27O2P/c1-19-12-15-25(23(16-19)27(29)22-10-6-3-7-11-22)30-26-18-21(13-14-24(26)28)17-20-8-4-2-5-9-20/h2-8,10-16,18,20,27-30H,9,17H2,1H3. The Morgan fingerprint density at radius 2 is 1.80 bits per heavy atom. The number of aromatic hydroxyl groups is 1. The molecule has 3 aromatic rings. The molecule has 0 heterocycles. The average Bonchev–Trinajstić information content (AvgIpc) is 2.78. The molecule has 0 amide bonds. The molecular weight excluding hydrogens is 387 g/mol. The van der Waals surface area contributed by atoms with Gasteiger partial charge in [0.1, 0.15) is 11.9 Å². The van der Waals surface area contributed by atoms with Gasteiger partial charge in [0.15, 0.2) is 0 Å². The molecule has 4 rings (SSSR count). The van der Waals surface area contributed by atoms with Crippen LogP contribution in [0.15, 0.2) is 91.0 Å². The quantitative estimate of drug-likeness (QED) is 0.552. The number of rotatable bonds is 6. The number of aliphatic hydroxyl groups is 1. The van der Waals surface area contributed by atoms with E-state index >= 15 is 0 Å². The third-order valence-electron chi connectivity index (χ3n) is 5.51. The second-order valence-electron chi connectivity index (χ2n) is 7.89. The molecule has 3 heteroatoms. The van der Waals surface area contributed by atoms with Gasteiger partial charge in [0.25, 0.3) is 0 Å². The second kappa shape index (κ2) is 9.43. The molecular formula is C27H27O2P. The van der Waals surface area contributed by atoms with Crippen molar-refractivity contribution in [1.29, 1.82) is 0 Å². The van der Waals surface area contributed by atoms with Gasteiger partial charge < -0.3 is 10.2 Å². The lowest BCUT2D eigenvalue weighted by Crippen LogP contribution is -2.15. The van der Waals surface area contributed by atoms with E-state index in [4.69, 9.17) is 0 Å². The summed E-state index contributed by atoms with van der Waals surface area (Å²) < 4.78 is 0. The molecule has 2 nitrogen and oxygen atoms in total. The molecule has 0 bridgehead atoms. The lowest BCUT2D eigenvalue weighted by Gasteiger charge is -2.18. The van der Waals surface area contributed by atoms with E-state index in [0.717, 1.165) is 40.1 Å². The van der Waals surface area contributed by atoms with Crippen LogP contribution in [-0.2, 0) is 6.42 Å². The van der Waals surface area contributed by atoms with E-state index in [-0.39, 0.29) is 8.58 Å². The Kier molecular flexibility index (Phi) is 6.47. The first kappa shape index (κ1) is 20.6. The van der Waals surface area contributed by atoms with Crippen molar-refractivity contribution in [2.45, 2.75) is 25.9 Å². The van der Waals surface area contributed by atoms with E-state index in [0.29, 0.717) is 11.7 Å². The number of hydrogen-bond acceptors (Lipinski definition) is 2. The van der Waals surface area contributed by atoms with Gasteiger partial charge in [-0.2, -0.15) is 0 Å². The summed E-state index contributed by atoms with van der Waals surface area (Å²) in [7, 11) is 0.275. The molecule has 0 spiro atoms. The highest BCUT2D eigenvalue weighted by molar-refractivity contribution is 7.55. The Balaban J connectivity index is 1.62. The molecule has 1 aliphatic rings. The van der Waals surface area contributed by atoms with E-state index in [1.54, 1.807) is 0 Å². The molecule has 0 aromatic heterocycles. The van der Waals surface area contributed by atoms with Crippen molar-refractivity contribution in [3.8, 4) is 5.75 Å². The fourth-order valence-electron chi connectivity index (χ4n) is 3.88. The molecule has 152 valence electrons. The third-order valence-corrected chi connectivity index (χ3v) is 6.91. The van der Waals surface area contributed by atoms with Crippen molar-refractivity contribution < 1.29 is 10.2 Å². The van der Waals surface area contributed by atoms with E-state index in [1.165, 1.54) is 5.56 Å². The normalized spacial score (nSPS) is 16.9. The predicted octanol–water partition coefficient (Wildman–Crippen LogP) is 5.09. The molecule has 1 aliphatic carbocycles. The fourth-order valence-corrected chi connectivity index (χ4v) is 5.16. The highest BCUT2D eigenvalue weighted by Gasteiger charge is 2.17. The third kappa shape index (κ3) is 4.90. The molecule has 3 atom stereocenters. The highest BCUT2D eigenvalue weighted by Crippen LogP contribution is 2.28. The Morgan fingerprint density at radius 1 is 0.967 bits per heavy atom. The predicted molar refractivity (Wildman–Crippen MR) is 127 cm³/mol. The highest BCUT2D eigenvalue weighted by atomic mass is 31.1. The van der Waals surface area contributed by atoms with Crippen molar-refractivity contribution in [3.63, 3.8) is 0 Å². The largest absolute Gasteiger partial charge is 0.507 e. The van der Waals surface area contributed by atoms with Crippen LogP contribution in [0.1, 0.15) is 34.8 Å². The summed E-state index contributed by atoms with van der Waals surface area (Å²) >= 11 is 0. The summed E-state index contributed by atoms with van der Waals surface area (Å²) in [4.78, 5) is 0. The maximum absolute atomic E-state index is 11.0. The van der Waals surface area contributed by atoms with Gasteiger partial charge in [0.05, 0.1) is 0 Å². The van der Waals surface area contributed by atoms with Crippen LogP contribution in [0.2, 0.25) is 0 Å². The van der Waals surface area contributed by atoms with Crippen molar-refractivity contribution in [2.24, 2.45) is 5.92 Å². The molecule has 3 aromatic carbocycles. The topological polar surface area (TPSA) is 40.5 Å². The van der Waals surface area contributed by atoms with Gasteiger partial charge in [-0.15, -0.1) is 0 Å². The number of phenols is 1. The Bertz CT molecular complexity index is 1070. The molecule has 0 saturated heterocycles. The van der Waals surface area contributed by atoms with Crippen molar-refractivity contribution in [2.75, 3.05) is 0 Å². The number of allylic oxidation sites excluding steroid dienone is 4. The van der Waals surface area contributed by atoms with Crippen molar-refractivity contribution in [1.82, 2.24) is 0 Å². The maximum Gasteiger partial charge on any atom is 0.123 e. The molecule has 0 saturated carbocycles. The SMILES string of the molecule is Cc1ccc(Pc2cc(CC3C=CC=CC3)ccc2O)c(C(O)c2ccccc2)c1. The maximum atomic E-state index is 11.0. The number of benzene rings is 3. The van der Waals surface area contributed by atoms with Crippen LogP contribution in [0.5, 0.6) is 5.75 Å². The first-order valence-electron chi connectivity index (χ1n) is 10.4. The summed E-state index contributed by atoms with van der Waals surface area (Å²) in [5, 5.41) is 23.6. The minimum absolute atomic E-state index is 0.275. The van der Waals surface area contributed by atoms with E-state index in [1.807, 2.05) is 49.4 Å². The first-order chi connectivity index (χ1) is 14.6. The van der Waals surface area contributed by atoms with Crippen molar-refractivity contribution in [3.05, 3.63) is 113 Å². The lowest BCUT2D eigenvalue weighted by atomic mass is 9.93. The van der Waals surface area contributed by atoms with Crippen LogP contribution in [0.4, 0.5) is 0 Å². The Hall–Kier alpha value is -2.67. The minimum atomic E-state index is -0.682. The molecule has 3 unspecified atom stereocenters. The van der Waals surface area contributed by atoms with Gasteiger partial charge in [-0.1, -0.05) is 93.0 Å². The number of hydrogen-bond donors (Lipinski definition) is 2. The summed E-state index contributed by atoms with van der Waals surface area (Å²) in [6.07, 6.45) is 10.0. The van der Waals surface area contributed by atoms with E-state index < -0.39 is 6.10 Å². The molecule has 0 aliphatic heterocycles. The minimum Gasteiger partial charge on any atom is -0.507 e. The summed E-state index contributed by atoms with van der Waals surface area (Å²) in [6.45, 7) is 2.04. The van der Waals surface area contributed by atoms with Gasteiger partial charge in [-0.25, -0.2) is 0 Å². The zero-order valence-electron chi connectivity index (χ0n) is 17.1. The monoisotopic (exact) mass is 414 g/mol. The summed E-state index contributed by atoms with van der Waals surface area (Å²) in [6, 6.07) is 21.9. The molecule has 2 N–H and O–H groups in total. The van der Waals surface area contributed by atoms with Gasteiger partial charge in [0, 0.05) is 5.30 Å². The second-order valence-corrected chi connectivity index (χ2v) is 9.22. The van der Waals surface area contributed by atoms with E-state index in [9.17, 15) is 10.2 Å². The molecule has 0 fully saturated rings. The fraction of sp³-hybridized carbons (Fsp3) is 0.185. The van der Waals surface area contributed by atoms with Crippen LogP contribution < -0.4 is 10.6 Å². The van der Waals surface area contributed by atoms with Crippen LogP contribution in [0, 0.1) is 12.8 Å². The van der Waals surface area contributed by atoms with Crippen LogP contribution in [-0.4, -0.2) is 10.2 Å². The lowest BCUT2D eigenvalue weighted by molar-refractivity contribution is 0.221. The van der Waals surface area contributed by atoms with Gasteiger partial charge >= 0.3 is 0 Å². The van der Waals surface area contributed by atoms with Gasteiger partial charge in [0.2, 0.25) is 0 Å². The number of phenolic OH excluding ortho intramolecular Hbond substituents is 1. The Labute approximate surface area is 180 Å².